The van der Waals surface area contributed by atoms with E-state index in [0.717, 1.165) is 16.7 Å². The van der Waals surface area contributed by atoms with Gasteiger partial charge in [-0.25, -0.2) is 13.6 Å². The Morgan fingerprint density at radius 1 is 1.36 bits per heavy atom. The van der Waals surface area contributed by atoms with E-state index in [1.807, 2.05) is 0 Å². The van der Waals surface area contributed by atoms with E-state index < -0.39 is 43.3 Å². The van der Waals surface area contributed by atoms with Gasteiger partial charge >= 0.3 is 11.1 Å². The Morgan fingerprint density at radius 3 is 2.50 bits per heavy atom. The van der Waals surface area contributed by atoms with Crippen molar-refractivity contribution in [2.75, 3.05) is 6.61 Å². The molecule has 1 aromatic heterocycles. The maximum Gasteiger partial charge on any atom is 0.316 e. The van der Waals surface area contributed by atoms with E-state index >= 15 is 0 Å². The van der Waals surface area contributed by atoms with Crippen molar-refractivity contribution in [3.05, 3.63) is 43.0 Å². The first-order valence-electron chi connectivity index (χ1n) is 5.75. The summed E-state index contributed by atoms with van der Waals surface area (Å²) in [7, 11) is -4.42. The van der Waals surface area contributed by atoms with Crippen molar-refractivity contribution in [3.8, 4) is 0 Å². The molecule has 12 heteroatoms. The number of hydrogen-bond acceptors (Lipinski definition) is 7. The Bertz CT molecular complexity index is 989. The maximum atomic E-state index is 11.7. The Morgan fingerprint density at radius 2 is 2.00 bits per heavy atom. The van der Waals surface area contributed by atoms with Gasteiger partial charge in [-0.1, -0.05) is 0 Å². The standard InChI is InChI=1S/C10H10N4O7S/c11-22(20,21)8-3-5-6(4-7(8)14(18)19)13(1-2-15)10(17)9(16)12-5/h3-4,15H,1-2H2,(H,12,16)(H2,11,20,21). The molecule has 0 amide bonds. The second-order valence-corrected chi connectivity index (χ2v) is 5.80. The van der Waals surface area contributed by atoms with Gasteiger partial charge < -0.3 is 10.1 Å². The number of nitrogens with two attached hydrogens (primary N) is 1. The molecule has 0 saturated heterocycles. The molecule has 1 aromatic carbocycles. The van der Waals surface area contributed by atoms with Gasteiger partial charge in [0.05, 0.1) is 22.6 Å². The number of nitro groups is 1. The highest BCUT2D eigenvalue weighted by Crippen LogP contribution is 2.26. The number of aromatic nitrogens is 2. The number of sulfonamides is 1. The normalized spacial score (nSPS) is 11.7. The van der Waals surface area contributed by atoms with Crippen molar-refractivity contribution in [2.45, 2.75) is 11.4 Å². The summed E-state index contributed by atoms with van der Waals surface area (Å²) in [5.74, 6) is 0. The zero-order chi connectivity index (χ0) is 16.7. The van der Waals surface area contributed by atoms with Crippen molar-refractivity contribution >= 4 is 26.7 Å². The Hall–Kier alpha value is -2.57. The SMILES string of the molecule is NS(=O)(=O)c1cc2[nH]c(=O)c(=O)n(CCO)c2cc1[N+](=O)[O-]. The molecule has 22 heavy (non-hydrogen) atoms. The van der Waals surface area contributed by atoms with Gasteiger partial charge in [0.25, 0.3) is 5.69 Å². The lowest BCUT2D eigenvalue weighted by Crippen LogP contribution is -2.37. The van der Waals surface area contributed by atoms with Crippen LogP contribution in [0.15, 0.2) is 26.6 Å². The molecule has 0 aliphatic rings. The molecule has 0 spiro atoms. The van der Waals surface area contributed by atoms with Gasteiger partial charge in [-0.15, -0.1) is 0 Å². The number of aliphatic hydroxyl groups is 1. The summed E-state index contributed by atoms with van der Waals surface area (Å²) in [4.78, 5) is 34.6. The average Bonchev–Trinajstić information content (AvgIpc) is 2.41. The lowest BCUT2D eigenvalue weighted by atomic mass is 10.2. The van der Waals surface area contributed by atoms with Gasteiger partial charge in [-0.2, -0.15) is 0 Å². The minimum Gasteiger partial charge on any atom is -0.395 e. The zero-order valence-electron chi connectivity index (χ0n) is 10.8. The first kappa shape index (κ1) is 15.8. The first-order valence-corrected chi connectivity index (χ1v) is 7.30. The third kappa shape index (κ3) is 2.61. The fourth-order valence-electron chi connectivity index (χ4n) is 1.98. The van der Waals surface area contributed by atoms with Crippen molar-refractivity contribution in [3.63, 3.8) is 0 Å². The van der Waals surface area contributed by atoms with Gasteiger partial charge in [-0.3, -0.25) is 24.3 Å². The van der Waals surface area contributed by atoms with E-state index in [-0.39, 0.29) is 17.6 Å². The van der Waals surface area contributed by atoms with Crippen molar-refractivity contribution in [2.24, 2.45) is 5.14 Å². The summed E-state index contributed by atoms with van der Waals surface area (Å²) in [6.45, 7) is -0.783. The molecule has 4 N–H and O–H groups in total. The number of aromatic amines is 1. The summed E-state index contributed by atoms with van der Waals surface area (Å²) in [6, 6.07) is 1.61. The smallest absolute Gasteiger partial charge is 0.316 e. The highest BCUT2D eigenvalue weighted by molar-refractivity contribution is 7.89. The molecule has 0 radical (unpaired) electrons. The number of hydrogen-bond donors (Lipinski definition) is 3. The van der Waals surface area contributed by atoms with Crippen LogP contribution in [0.4, 0.5) is 5.69 Å². The van der Waals surface area contributed by atoms with Crippen LogP contribution < -0.4 is 16.3 Å². The topological polar surface area (TPSA) is 178 Å². The zero-order valence-corrected chi connectivity index (χ0v) is 11.7. The molecule has 1 heterocycles. The van der Waals surface area contributed by atoms with Gasteiger partial charge in [0.2, 0.25) is 10.0 Å². The lowest BCUT2D eigenvalue weighted by molar-refractivity contribution is -0.387. The number of aliphatic hydroxyl groups excluding tert-OH is 1. The maximum absolute atomic E-state index is 11.7. The highest BCUT2D eigenvalue weighted by Gasteiger charge is 2.25. The molecule has 0 aliphatic heterocycles. The monoisotopic (exact) mass is 330 g/mol. The van der Waals surface area contributed by atoms with Crippen molar-refractivity contribution in [1.29, 1.82) is 0 Å². The van der Waals surface area contributed by atoms with Crippen LogP contribution in [0.25, 0.3) is 11.0 Å². The third-order valence-electron chi connectivity index (χ3n) is 2.88. The number of rotatable bonds is 4. The lowest BCUT2D eigenvalue weighted by Gasteiger charge is -2.09. The number of nitro benzene ring substituents is 1. The molecule has 0 aliphatic carbocycles. The average molecular weight is 330 g/mol. The Labute approximate surface area is 121 Å². The van der Waals surface area contributed by atoms with Crippen LogP contribution in [-0.4, -0.2) is 34.6 Å². The predicted octanol–water partition coefficient (Wildman–Crippen LogP) is -1.76. The highest BCUT2D eigenvalue weighted by atomic mass is 32.2. The fourth-order valence-corrected chi connectivity index (χ4v) is 2.69. The van der Waals surface area contributed by atoms with Crippen molar-refractivity contribution in [1.82, 2.24) is 9.55 Å². The molecule has 2 aromatic rings. The molecule has 0 unspecified atom stereocenters. The van der Waals surface area contributed by atoms with Crippen LogP contribution in [0.3, 0.4) is 0 Å². The minimum absolute atomic E-state index is 0.0993. The molecule has 0 bridgehead atoms. The third-order valence-corrected chi connectivity index (χ3v) is 3.82. The first-order chi connectivity index (χ1) is 10.2. The second-order valence-electron chi connectivity index (χ2n) is 4.27. The van der Waals surface area contributed by atoms with Crippen molar-refractivity contribution < 1.29 is 18.4 Å². The van der Waals surface area contributed by atoms with Crippen LogP contribution in [0.2, 0.25) is 0 Å². The van der Waals surface area contributed by atoms with Gasteiger partial charge in [0.15, 0.2) is 4.90 Å². The molecule has 0 saturated carbocycles. The summed E-state index contributed by atoms with van der Waals surface area (Å²) in [5, 5.41) is 24.9. The summed E-state index contributed by atoms with van der Waals surface area (Å²) in [5.41, 5.74) is -3.16. The van der Waals surface area contributed by atoms with E-state index in [9.17, 15) is 28.1 Å². The summed E-state index contributed by atoms with van der Waals surface area (Å²) >= 11 is 0. The fraction of sp³-hybridized carbons (Fsp3) is 0.200. The second kappa shape index (κ2) is 5.32. The molecular weight excluding hydrogens is 320 g/mol. The van der Waals surface area contributed by atoms with E-state index in [0.29, 0.717) is 0 Å². The number of primary sulfonamides is 1. The quantitative estimate of drug-likeness (QED) is 0.337. The molecular formula is C10H10N4O7S. The van der Waals surface area contributed by atoms with Gasteiger partial charge in [0, 0.05) is 12.6 Å². The summed E-state index contributed by atoms with van der Waals surface area (Å²) < 4.78 is 23.7. The Balaban J connectivity index is 3.04. The van der Waals surface area contributed by atoms with Gasteiger partial charge in [0.1, 0.15) is 0 Å². The number of fused-ring (bicyclic) bond motifs is 1. The molecule has 11 nitrogen and oxygen atoms in total. The van der Waals surface area contributed by atoms with E-state index in [1.54, 1.807) is 0 Å². The molecule has 0 fully saturated rings. The largest absolute Gasteiger partial charge is 0.395 e. The number of benzene rings is 1. The van der Waals surface area contributed by atoms with E-state index in [1.165, 1.54) is 0 Å². The van der Waals surface area contributed by atoms with Crippen LogP contribution in [-0.2, 0) is 16.6 Å². The van der Waals surface area contributed by atoms with E-state index in [2.05, 4.69) is 4.98 Å². The number of nitrogens with zero attached hydrogens (tertiary/aromatic N) is 2. The van der Waals surface area contributed by atoms with Gasteiger partial charge in [-0.05, 0) is 6.07 Å². The van der Waals surface area contributed by atoms with Crippen LogP contribution in [0.1, 0.15) is 0 Å². The summed E-state index contributed by atoms with van der Waals surface area (Å²) in [6.07, 6.45) is 0. The molecule has 118 valence electrons. The number of H-pyrrole nitrogens is 1. The van der Waals surface area contributed by atoms with Crippen LogP contribution in [0.5, 0.6) is 0 Å². The predicted molar refractivity (Wildman–Crippen MR) is 73.9 cm³/mol. The van der Waals surface area contributed by atoms with E-state index in [4.69, 9.17) is 10.2 Å². The minimum atomic E-state index is -4.42. The molecule has 0 atom stereocenters. The van der Waals surface area contributed by atoms with Crippen LogP contribution >= 0.6 is 0 Å². The van der Waals surface area contributed by atoms with Crippen LogP contribution in [0, 0.1) is 10.1 Å². The Kier molecular flexibility index (Phi) is 3.83. The molecule has 2 rings (SSSR count). The number of nitrogens with one attached hydrogen (secondary N) is 1.